The molecule has 2 aliphatic heterocycles. The molecule has 1 unspecified atom stereocenters. The molecule has 2 rings (SSSR count). The van der Waals surface area contributed by atoms with E-state index in [0.29, 0.717) is 5.75 Å². The Hall–Kier alpha value is -0.460. The predicted molar refractivity (Wildman–Crippen MR) is 73.0 cm³/mol. The highest BCUT2D eigenvalue weighted by molar-refractivity contribution is 7.85. The van der Waals surface area contributed by atoms with Crippen LogP contribution in [0.3, 0.4) is 0 Å². The Balaban J connectivity index is 1.63. The van der Waals surface area contributed by atoms with E-state index in [1.165, 1.54) is 0 Å². The van der Waals surface area contributed by atoms with Crippen molar-refractivity contribution >= 4 is 16.7 Å². The fourth-order valence-electron chi connectivity index (χ4n) is 2.43. The summed E-state index contributed by atoms with van der Waals surface area (Å²) in [5, 5.41) is 3.29. The van der Waals surface area contributed by atoms with E-state index in [2.05, 4.69) is 10.2 Å². The Morgan fingerprint density at radius 1 is 1.11 bits per heavy atom. The first-order valence-electron chi connectivity index (χ1n) is 6.81. The largest absolute Gasteiger partial charge is 0.342 e. The number of likely N-dealkylation sites (tertiary alicyclic amines) is 1. The second-order valence-corrected chi connectivity index (χ2v) is 6.54. The molecule has 2 heterocycles. The molecule has 5 nitrogen and oxygen atoms in total. The van der Waals surface area contributed by atoms with Gasteiger partial charge in [0.25, 0.3) is 0 Å². The summed E-state index contributed by atoms with van der Waals surface area (Å²) in [6, 6.07) is 0. The lowest BCUT2D eigenvalue weighted by molar-refractivity contribution is -0.127. The van der Waals surface area contributed by atoms with Crippen LogP contribution in [0.2, 0.25) is 0 Å². The average molecular weight is 273 g/mol. The van der Waals surface area contributed by atoms with Crippen LogP contribution in [0.1, 0.15) is 12.8 Å². The molecule has 0 spiro atoms. The number of amides is 1. The molecule has 0 radical (unpaired) electrons. The van der Waals surface area contributed by atoms with Gasteiger partial charge in [0.15, 0.2) is 0 Å². The van der Waals surface area contributed by atoms with E-state index in [1.54, 1.807) is 0 Å². The lowest BCUT2D eigenvalue weighted by Crippen LogP contribution is -2.45. The van der Waals surface area contributed by atoms with Gasteiger partial charge in [0.1, 0.15) is 5.75 Å². The normalized spacial score (nSPS) is 23.2. The van der Waals surface area contributed by atoms with Crippen LogP contribution in [-0.2, 0) is 15.6 Å². The molecular weight excluding hydrogens is 250 g/mol. The van der Waals surface area contributed by atoms with Gasteiger partial charge in [-0.2, -0.15) is 0 Å². The van der Waals surface area contributed by atoms with E-state index in [-0.39, 0.29) is 11.7 Å². The van der Waals surface area contributed by atoms with Crippen LogP contribution in [0.5, 0.6) is 0 Å². The average Bonchev–Trinajstić information content (AvgIpc) is 2.91. The van der Waals surface area contributed by atoms with Crippen LogP contribution >= 0.6 is 0 Å². The quantitative estimate of drug-likeness (QED) is 0.717. The maximum atomic E-state index is 11.9. The van der Waals surface area contributed by atoms with Gasteiger partial charge in [-0.3, -0.25) is 13.9 Å². The van der Waals surface area contributed by atoms with Crippen molar-refractivity contribution in [2.24, 2.45) is 0 Å². The van der Waals surface area contributed by atoms with Gasteiger partial charge in [0, 0.05) is 62.4 Å². The second-order valence-electron chi connectivity index (χ2n) is 4.97. The third-order valence-corrected chi connectivity index (χ3v) is 4.79. The van der Waals surface area contributed by atoms with Gasteiger partial charge in [-0.25, -0.2) is 0 Å². The van der Waals surface area contributed by atoms with Crippen molar-refractivity contribution in [3.05, 3.63) is 0 Å². The maximum absolute atomic E-state index is 11.9. The van der Waals surface area contributed by atoms with E-state index in [1.807, 2.05) is 4.90 Å². The highest BCUT2D eigenvalue weighted by atomic mass is 32.2. The number of hydrogen-bond acceptors (Lipinski definition) is 4. The number of nitrogens with one attached hydrogen (secondary N) is 1. The molecule has 2 fully saturated rings. The van der Waals surface area contributed by atoms with Crippen LogP contribution in [0, 0.1) is 0 Å². The minimum Gasteiger partial charge on any atom is -0.342 e. The fraction of sp³-hybridized carbons (Fsp3) is 0.917. The molecular formula is C12H23N3O2S. The van der Waals surface area contributed by atoms with Gasteiger partial charge in [-0.05, 0) is 12.8 Å². The SMILES string of the molecule is O=C(CS(=O)CCN1CCNCC1)N1CCCC1. The predicted octanol–water partition coefficient (Wildman–Crippen LogP) is -0.737. The van der Waals surface area contributed by atoms with Crippen molar-refractivity contribution in [1.29, 1.82) is 0 Å². The van der Waals surface area contributed by atoms with Gasteiger partial charge >= 0.3 is 0 Å². The molecule has 2 saturated heterocycles. The minimum atomic E-state index is -1.00. The molecule has 1 amide bonds. The van der Waals surface area contributed by atoms with E-state index in [0.717, 1.165) is 58.7 Å². The number of carbonyl (C=O) groups is 1. The van der Waals surface area contributed by atoms with Gasteiger partial charge in [-0.15, -0.1) is 0 Å². The molecule has 2 aliphatic rings. The fourth-order valence-corrected chi connectivity index (χ4v) is 3.50. The number of piperazine rings is 1. The molecule has 1 atom stereocenters. The van der Waals surface area contributed by atoms with Crippen molar-refractivity contribution in [3.63, 3.8) is 0 Å². The highest BCUT2D eigenvalue weighted by Gasteiger charge is 2.20. The summed E-state index contributed by atoms with van der Waals surface area (Å²) in [6.45, 7) is 6.64. The third-order valence-electron chi connectivity index (χ3n) is 3.59. The Kier molecular flexibility index (Phi) is 5.59. The van der Waals surface area contributed by atoms with Crippen LogP contribution in [-0.4, -0.2) is 77.2 Å². The summed E-state index contributed by atoms with van der Waals surface area (Å²) in [4.78, 5) is 16.0. The smallest absolute Gasteiger partial charge is 0.235 e. The van der Waals surface area contributed by atoms with Gasteiger partial charge in [0.2, 0.25) is 5.91 Å². The molecule has 0 saturated carbocycles. The zero-order chi connectivity index (χ0) is 12.8. The topological polar surface area (TPSA) is 52.7 Å². The summed E-state index contributed by atoms with van der Waals surface area (Å²) < 4.78 is 11.9. The Bertz CT molecular complexity index is 300. The summed E-state index contributed by atoms with van der Waals surface area (Å²) in [7, 11) is -1.00. The van der Waals surface area contributed by atoms with E-state index in [4.69, 9.17) is 0 Å². The first kappa shape index (κ1) is 14.0. The molecule has 0 aromatic rings. The first-order chi connectivity index (χ1) is 8.75. The van der Waals surface area contributed by atoms with E-state index >= 15 is 0 Å². The van der Waals surface area contributed by atoms with Crippen LogP contribution in [0.25, 0.3) is 0 Å². The van der Waals surface area contributed by atoms with Crippen LogP contribution < -0.4 is 5.32 Å². The lowest BCUT2D eigenvalue weighted by Gasteiger charge is -2.26. The Labute approximate surface area is 111 Å². The first-order valence-corrected chi connectivity index (χ1v) is 8.30. The summed E-state index contributed by atoms with van der Waals surface area (Å²) >= 11 is 0. The van der Waals surface area contributed by atoms with E-state index < -0.39 is 10.8 Å². The van der Waals surface area contributed by atoms with Crippen molar-refractivity contribution < 1.29 is 9.00 Å². The number of rotatable bonds is 5. The number of carbonyl (C=O) groups excluding carboxylic acids is 1. The zero-order valence-corrected chi connectivity index (χ0v) is 11.7. The number of nitrogens with zero attached hydrogens (tertiary/aromatic N) is 2. The Morgan fingerprint density at radius 3 is 2.44 bits per heavy atom. The van der Waals surface area contributed by atoms with Crippen molar-refractivity contribution in [2.45, 2.75) is 12.8 Å². The molecule has 1 N–H and O–H groups in total. The molecule has 18 heavy (non-hydrogen) atoms. The zero-order valence-electron chi connectivity index (χ0n) is 10.9. The minimum absolute atomic E-state index is 0.0751. The molecule has 6 heteroatoms. The van der Waals surface area contributed by atoms with Crippen LogP contribution in [0.4, 0.5) is 0 Å². The second kappa shape index (κ2) is 7.21. The standard InChI is InChI=1S/C12H23N3O2S/c16-12(15-5-1-2-6-15)11-18(17)10-9-14-7-3-13-4-8-14/h13H,1-11H2. The Morgan fingerprint density at radius 2 is 1.78 bits per heavy atom. The molecule has 0 aliphatic carbocycles. The number of hydrogen-bond donors (Lipinski definition) is 1. The van der Waals surface area contributed by atoms with Crippen LogP contribution in [0.15, 0.2) is 0 Å². The molecule has 0 aromatic carbocycles. The van der Waals surface area contributed by atoms with Gasteiger partial charge in [-0.1, -0.05) is 0 Å². The maximum Gasteiger partial charge on any atom is 0.235 e. The highest BCUT2D eigenvalue weighted by Crippen LogP contribution is 2.07. The van der Waals surface area contributed by atoms with Crippen molar-refractivity contribution in [2.75, 3.05) is 57.3 Å². The molecule has 0 bridgehead atoms. The van der Waals surface area contributed by atoms with E-state index in [9.17, 15) is 9.00 Å². The molecule has 0 aromatic heterocycles. The van der Waals surface area contributed by atoms with Gasteiger partial charge in [0.05, 0.1) is 0 Å². The van der Waals surface area contributed by atoms with Crippen molar-refractivity contribution in [3.8, 4) is 0 Å². The monoisotopic (exact) mass is 273 g/mol. The summed E-state index contributed by atoms with van der Waals surface area (Å²) in [5.41, 5.74) is 0. The summed E-state index contributed by atoms with van der Waals surface area (Å²) in [5.74, 6) is 0.914. The van der Waals surface area contributed by atoms with Crippen molar-refractivity contribution in [1.82, 2.24) is 15.1 Å². The molecule has 104 valence electrons. The van der Waals surface area contributed by atoms with Gasteiger partial charge < -0.3 is 10.2 Å². The lowest BCUT2D eigenvalue weighted by atomic mass is 10.4. The third kappa shape index (κ3) is 4.33. The summed E-state index contributed by atoms with van der Waals surface area (Å²) in [6.07, 6.45) is 2.19.